The van der Waals surface area contributed by atoms with Crippen molar-refractivity contribution in [2.75, 3.05) is 13.1 Å². The SMILES string of the molecule is Brc1ccc(C2CC[N-]CC2)nc1.OCc1ccccc1.[Y]. The Balaban J connectivity index is 0.000000234. The van der Waals surface area contributed by atoms with E-state index in [0.29, 0.717) is 5.92 Å². The van der Waals surface area contributed by atoms with Crippen LogP contribution in [0.3, 0.4) is 0 Å². The van der Waals surface area contributed by atoms with Gasteiger partial charge >= 0.3 is 0 Å². The van der Waals surface area contributed by atoms with Gasteiger partial charge in [-0.1, -0.05) is 43.2 Å². The van der Waals surface area contributed by atoms with Crippen LogP contribution in [0.4, 0.5) is 0 Å². The number of pyridine rings is 1. The van der Waals surface area contributed by atoms with Gasteiger partial charge in [-0.2, -0.15) is 0 Å². The van der Waals surface area contributed by atoms with E-state index in [9.17, 15) is 0 Å². The summed E-state index contributed by atoms with van der Waals surface area (Å²) < 4.78 is 1.05. The Morgan fingerprint density at radius 1 is 1.09 bits per heavy atom. The van der Waals surface area contributed by atoms with Crippen molar-refractivity contribution in [3.8, 4) is 0 Å². The van der Waals surface area contributed by atoms with E-state index in [-0.39, 0.29) is 39.3 Å². The molecule has 1 aliphatic rings. The molecule has 1 fully saturated rings. The van der Waals surface area contributed by atoms with Crippen LogP contribution in [0.2, 0.25) is 0 Å². The molecule has 0 bridgehead atoms. The second-order valence-corrected chi connectivity index (χ2v) is 5.91. The normalized spacial score (nSPS) is 14.5. The van der Waals surface area contributed by atoms with Crippen molar-refractivity contribution in [1.29, 1.82) is 0 Å². The zero-order valence-electron chi connectivity index (χ0n) is 12.5. The number of hydrogen-bond donors (Lipinski definition) is 1. The van der Waals surface area contributed by atoms with Gasteiger partial charge < -0.3 is 10.4 Å². The van der Waals surface area contributed by atoms with E-state index in [0.717, 1.165) is 36.0 Å². The summed E-state index contributed by atoms with van der Waals surface area (Å²) in [5.41, 5.74) is 2.19. The summed E-state index contributed by atoms with van der Waals surface area (Å²) in [6, 6.07) is 13.7. The molecule has 1 aromatic heterocycles. The van der Waals surface area contributed by atoms with Gasteiger partial charge in [0.05, 0.1) is 6.61 Å². The summed E-state index contributed by atoms with van der Waals surface area (Å²) in [6.45, 7) is 2.14. The van der Waals surface area contributed by atoms with Crippen LogP contribution in [-0.4, -0.2) is 23.2 Å². The maximum Gasteiger partial charge on any atom is 0.0681 e. The molecule has 5 heteroatoms. The molecule has 0 saturated carbocycles. The fourth-order valence-electron chi connectivity index (χ4n) is 2.26. The molecule has 3 nitrogen and oxygen atoms in total. The number of rotatable bonds is 2. The van der Waals surface area contributed by atoms with Gasteiger partial charge in [0, 0.05) is 49.1 Å². The van der Waals surface area contributed by atoms with E-state index < -0.39 is 0 Å². The summed E-state index contributed by atoms with van der Waals surface area (Å²) in [4.78, 5) is 4.41. The van der Waals surface area contributed by atoms with Crippen molar-refractivity contribution in [2.24, 2.45) is 0 Å². The van der Waals surface area contributed by atoms with E-state index in [1.807, 2.05) is 36.5 Å². The van der Waals surface area contributed by atoms with Gasteiger partial charge in [-0.05, 0) is 39.5 Å². The molecule has 0 amide bonds. The number of piperidine rings is 1. The molecule has 2 aromatic rings. The zero-order chi connectivity index (χ0) is 14.9. The Morgan fingerprint density at radius 2 is 1.77 bits per heavy atom. The number of aromatic nitrogens is 1. The number of aliphatic hydroxyl groups excluding tert-OH is 1. The van der Waals surface area contributed by atoms with Crippen molar-refractivity contribution in [3.63, 3.8) is 0 Å². The van der Waals surface area contributed by atoms with Gasteiger partial charge in [0.25, 0.3) is 0 Å². The van der Waals surface area contributed by atoms with Gasteiger partial charge in [-0.25, -0.2) is 0 Å². The van der Waals surface area contributed by atoms with Crippen LogP contribution in [-0.2, 0) is 39.3 Å². The summed E-state index contributed by atoms with van der Waals surface area (Å²) >= 11 is 3.39. The molecule has 3 rings (SSSR count). The molecule has 0 aliphatic carbocycles. The minimum atomic E-state index is 0. The van der Waals surface area contributed by atoms with E-state index in [1.54, 1.807) is 0 Å². The third-order valence-electron chi connectivity index (χ3n) is 3.47. The van der Waals surface area contributed by atoms with E-state index in [2.05, 4.69) is 38.4 Å². The van der Waals surface area contributed by atoms with Gasteiger partial charge in [0.2, 0.25) is 0 Å². The number of benzene rings is 1. The number of halogens is 1. The maximum atomic E-state index is 8.54. The Morgan fingerprint density at radius 3 is 2.27 bits per heavy atom. The molecule has 1 radical (unpaired) electrons. The first-order valence-electron chi connectivity index (χ1n) is 7.19. The first-order valence-corrected chi connectivity index (χ1v) is 7.98. The van der Waals surface area contributed by atoms with E-state index in [1.165, 1.54) is 5.69 Å². The number of hydrogen-bond acceptors (Lipinski definition) is 2. The third-order valence-corrected chi connectivity index (χ3v) is 3.93. The maximum absolute atomic E-state index is 8.54. The summed E-state index contributed by atoms with van der Waals surface area (Å²) in [5.74, 6) is 0.630. The summed E-state index contributed by atoms with van der Waals surface area (Å²) in [6.07, 6.45) is 4.20. The monoisotopic (exact) mass is 436 g/mol. The molecule has 0 unspecified atom stereocenters. The van der Waals surface area contributed by atoms with Crippen molar-refractivity contribution in [2.45, 2.75) is 25.4 Å². The number of aliphatic hydroxyl groups is 1. The van der Waals surface area contributed by atoms with Gasteiger partial charge in [-0.15, -0.1) is 13.1 Å². The molecule has 1 aromatic carbocycles. The van der Waals surface area contributed by atoms with E-state index in [4.69, 9.17) is 5.11 Å². The van der Waals surface area contributed by atoms with Gasteiger partial charge in [0.15, 0.2) is 0 Å². The molecule has 1 N–H and O–H groups in total. The second kappa shape index (κ2) is 11.4. The smallest absolute Gasteiger partial charge is 0.0681 e. The van der Waals surface area contributed by atoms with Crippen LogP contribution in [0.5, 0.6) is 0 Å². The predicted molar refractivity (Wildman–Crippen MR) is 89.4 cm³/mol. The zero-order valence-corrected chi connectivity index (χ0v) is 17.0. The van der Waals surface area contributed by atoms with Crippen molar-refractivity contribution >= 4 is 15.9 Å². The Labute approximate surface area is 165 Å². The molecule has 0 spiro atoms. The number of nitrogens with zero attached hydrogens (tertiary/aromatic N) is 2. The summed E-state index contributed by atoms with van der Waals surface area (Å²) in [5, 5.41) is 12.9. The minimum absolute atomic E-state index is 0. The molecule has 0 atom stereocenters. The van der Waals surface area contributed by atoms with Gasteiger partial charge in [0.1, 0.15) is 0 Å². The van der Waals surface area contributed by atoms with Crippen molar-refractivity contribution < 1.29 is 37.8 Å². The van der Waals surface area contributed by atoms with Crippen molar-refractivity contribution in [3.05, 3.63) is 69.7 Å². The first kappa shape index (κ1) is 19.9. The molecule has 115 valence electrons. The third kappa shape index (κ3) is 6.97. The van der Waals surface area contributed by atoms with Crippen LogP contribution in [0.15, 0.2) is 53.1 Å². The van der Waals surface area contributed by atoms with Gasteiger partial charge in [-0.3, -0.25) is 4.98 Å². The molecule has 2 heterocycles. The van der Waals surface area contributed by atoms with Crippen LogP contribution < -0.4 is 0 Å². The largest absolute Gasteiger partial charge is 0.662 e. The van der Waals surface area contributed by atoms with Crippen LogP contribution in [0.1, 0.15) is 30.0 Å². The minimum Gasteiger partial charge on any atom is -0.662 e. The Kier molecular flexibility index (Phi) is 10.3. The standard InChI is InChI=1S/C10H12BrN2.C7H8O.Y/c11-9-1-2-10(13-7-9)8-3-5-12-6-4-8;8-6-7-4-2-1-3-5-7;/h1-2,7-8H,3-6H2;1-5,8H,6H2;/q-1;;. The molecule has 1 aliphatic heterocycles. The molecular formula is C17H20BrN2OY-. The molecular weight excluding hydrogens is 417 g/mol. The molecule has 1 saturated heterocycles. The average Bonchev–Trinajstić information content (AvgIpc) is 2.58. The van der Waals surface area contributed by atoms with Crippen LogP contribution in [0.25, 0.3) is 5.32 Å². The van der Waals surface area contributed by atoms with Crippen molar-refractivity contribution in [1.82, 2.24) is 4.98 Å². The summed E-state index contributed by atoms with van der Waals surface area (Å²) in [7, 11) is 0. The second-order valence-electron chi connectivity index (χ2n) is 4.99. The van der Waals surface area contributed by atoms with Crippen LogP contribution in [0, 0.1) is 0 Å². The fraction of sp³-hybridized carbons (Fsp3) is 0.353. The fourth-order valence-corrected chi connectivity index (χ4v) is 2.49. The first-order chi connectivity index (χ1) is 10.3. The predicted octanol–water partition coefficient (Wildman–Crippen LogP) is 4.27. The quantitative estimate of drug-likeness (QED) is 0.763. The average molecular weight is 437 g/mol. The Bertz CT molecular complexity index is 516. The topological polar surface area (TPSA) is 47.2 Å². The molecule has 22 heavy (non-hydrogen) atoms. The van der Waals surface area contributed by atoms with Crippen LogP contribution >= 0.6 is 15.9 Å². The van der Waals surface area contributed by atoms with E-state index >= 15 is 0 Å². The Hall–Kier alpha value is -0.126.